The molecule has 6 heteroatoms. The zero-order valence-electron chi connectivity index (χ0n) is 16.3. The van der Waals surface area contributed by atoms with Gasteiger partial charge in [-0.2, -0.15) is 0 Å². The molecule has 2 aromatic rings. The lowest BCUT2D eigenvalue weighted by molar-refractivity contribution is -0.114. The number of ether oxygens (including phenoxy) is 1. The van der Waals surface area contributed by atoms with Crippen molar-refractivity contribution in [2.24, 2.45) is 0 Å². The van der Waals surface area contributed by atoms with Gasteiger partial charge in [-0.15, -0.1) is 0 Å². The molecule has 0 fully saturated rings. The molecule has 6 nitrogen and oxygen atoms in total. The Hall–Kier alpha value is -3.28. The summed E-state index contributed by atoms with van der Waals surface area (Å²) in [4.78, 5) is 24.4. The van der Waals surface area contributed by atoms with Gasteiger partial charge in [0.1, 0.15) is 12.4 Å². The highest BCUT2D eigenvalue weighted by Gasteiger charge is 2.09. The summed E-state index contributed by atoms with van der Waals surface area (Å²) in [6.07, 6.45) is 2.54. The van der Waals surface area contributed by atoms with Gasteiger partial charge in [-0.1, -0.05) is 25.6 Å². The van der Waals surface area contributed by atoms with E-state index in [0.717, 1.165) is 6.42 Å². The largest absolute Gasteiger partial charge is 0.490 e. The van der Waals surface area contributed by atoms with Gasteiger partial charge >= 0.3 is 0 Å². The van der Waals surface area contributed by atoms with E-state index in [-0.39, 0.29) is 24.4 Å². The summed E-state index contributed by atoms with van der Waals surface area (Å²) in [6, 6.07) is 14.3. The molecule has 1 unspecified atom stereocenters. The third-order valence-electron chi connectivity index (χ3n) is 4.07. The fourth-order valence-corrected chi connectivity index (χ4v) is 2.36. The fraction of sp³-hybridized carbons (Fsp3) is 0.273. The van der Waals surface area contributed by atoms with Crippen molar-refractivity contribution in [3.8, 4) is 5.75 Å². The highest BCUT2D eigenvalue weighted by molar-refractivity contribution is 5.96. The van der Waals surface area contributed by atoms with Crippen molar-refractivity contribution in [1.82, 2.24) is 5.32 Å². The van der Waals surface area contributed by atoms with Crippen molar-refractivity contribution >= 4 is 23.2 Å². The predicted molar refractivity (Wildman–Crippen MR) is 113 cm³/mol. The Labute approximate surface area is 166 Å². The first-order valence-electron chi connectivity index (χ1n) is 9.30. The Morgan fingerprint density at radius 1 is 1.14 bits per heavy atom. The minimum atomic E-state index is -0.186. The first-order chi connectivity index (χ1) is 13.5. The molecule has 148 valence electrons. The molecule has 0 aliphatic rings. The van der Waals surface area contributed by atoms with Crippen molar-refractivity contribution in [2.75, 3.05) is 23.8 Å². The monoisotopic (exact) mass is 381 g/mol. The normalized spacial score (nSPS) is 11.2. The molecule has 0 aliphatic carbocycles. The highest BCUT2D eigenvalue weighted by atomic mass is 16.5. The van der Waals surface area contributed by atoms with Gasteiger partial charge in [0.15, 0.2) is 0 Å². The molecule has 0 saturated carbocycles. The van der Waals surface area contributed by atoms with Crippen LogP contribution < -0.4 is 20.7 Å². The Morgan fingerprint density at radius 3 is 2.57 bits per heavy atom. The maximum Gasteiger partial charge on any atom is 0.251 e. The summed E-state index contributed by atoms with van der Waals surface area (Å²) in [7, 11) is 0. The number of anilines is 2. The molecule has 3 N–H and O–H groups in total. The molecule has 0 heterocycles. The molecule has 2 rings (SSSR count). The SMILES string of the molecule is C=CCOc1ccc(NC(=O)CNc2cccc(C(=O)NC(C)CC)c2)cc1. The van der Waals surface area contributed by atoms with Crippen LogP contribution in [0.15, 0.2) is 61.2 Å². The van der Waals surface area contributed by atoms with Gasteiger partial charge in [-0.05, 0) is 55.8 Å². The van der Waals surface area contributed by atoms with Crippen molar-refractivity contribution in [3.05, 3.63) is 66.7 Å². The molecule has 0 saturated heterocycles. The number of carbonyl (C=O) groups excluding carboxylic acids is 2. The molecule has 0 spiro atoms. The number of benzene rings is 2. The molecule has 1 atom stereocenters. The van der Waals surface area contributed by atoms with Crippen LogP contribution in [0.4, 0.5) is 11.4 Å². The van der Waals surface area contributed by atoms with Crippen LogP contribution in [0.5, 0.6) is 5.75 Å². The lowest BCUT2D eigenvalue weighted by atomic mass is 10.1. The van der Waals surface area contributed by atoms with E-state index >= 15 is 0 Å². The van der Waals surface area contributed by atoms with Crippen molar-refractivity contribution in [3.63, 3.8) is 0 Å². The van der Waals surface area contributed by atoms with Crippen LogP contribution in [0, 0.1) is 0 Å². The van der Waals surface area contributed by atoms with Crippen LogP contribution in [0.25, 0.3) is 0 Å². The molecule has 0 radical (unpaired) electrons. The average Bonchev–Trinajstić information content (AvgIpc) is 2.71. The fourth-order valence-electron chi connectivity index (χ4n) is 2.36. The summed E-state index contributed by atoms with van der Waals surface area (Å²) in [5, 5.41) is 8.77. The second-order valence-electron chi connectivity index (χ2n) is 6.39. The van der Waals surface area contributed by atoms with Gasteiger partial charge in [-0.3, -0.25) is 9.59 Å². The maximum absolute atomic E-state index is 12.2. The topological polar surface area (TPSA) is 79.5 Å². The molecule has 0 bridgehead atoms. The quantitative estimate of drug-likeness (QED) is 0.547. The van der Waals surface area contributed by atoms with E-state index in [9.17, 15) is 9.59 Å². The van der Waals surface area contributed by atoms with Gasteiger partial charge in [-0.25, -0.2) is 0 Å². The second kappa shape index (κ2) is 10.8. The Morgan fingerprint density at radius 2 is 1.89 bits per heavy atom. The lowest BCUT2D eigenvalue weighted by Crippen LogP contribution is -2.31. The van der Waals surface area contributed by atoms with E-state index in [4.69, 9.17) is 4.74 Å². The minimum absolute atomic E-state index is 0.0884. The number of carbonyl (C=O) groups is 2. The van der Waals surface area contributed by atoms with Crippen LogP contribution in [0.3, 0.4) is 0 Å². The Bertz CT molecular complexity index is 803. The zero-order valence-corrected chi connectivity index (χ0v) is 16.3. The van der Waals surface area contributed by atoms with Crippen molar-refractivity contribution in [1.29, 1.82) is 0 Å². The molecule has 0 aliphatic heterocycles. The molecule has 2 amide bonds. The van der Waals surface area contributed by atoms with E-state index in [1.807, 2.05) is 19.9 Å². The van der Waals surface area contributed by atoms with E-state index in [0.29, 0.717) is 29.3 Å². The summed E-state index contributed by atoms with van der Waals surface area (Å²) < 4.78 is 5.41. The van der Waals surface area contributed by atoms with Gasteiger partial charge < -0.3 is 20.7 Å². The number of hydrogen-bond acceptors (Lipinski definition) is 4. The standard InChI is InChI=1S/C22H27N3O3/c1-4-13-28-20-11-9-18(10-12-20)25-21(26)15-23-19-8-6-7-17(14-19)22(27)24-16(3)5-2/h4,6-12,14,16,23H,1,5,13,15H2,2-3H3,(H,24,27)(H,25,26). The molecular formula is C22H27N3O3. The number of rotatable bonds is 10. The Balaban J connectivity index is 1.86. The number of hydrogen-bond donors (Lipinski definition) is 3. The smallest absolute Gasteiger partial charge is 0.251 e. The van der Waals surface area contributed by atoms with Gasteiger partial charge in [0.2, 0.25) is 5.91 Å². The maximum atomic E-state index is 12.2. The van der Waals surface area contributed by atoms with E-state index in [2.05, 4.69) is 22.5 Å². The molecular weight excluding hydrogens is 354 g/mol. The van der Waals surface area contributed by atoms with Crippen LogP contribution in [0.2, 0.25) is 0 Å². The zero-order chi connectivity index (χ0) is 20.4. The first-order valence-corrected chi connectivity index (χ1v) is 9.30. The summed E-state index contributed by atoms with van der Waals surface area (Å²) in [6.45, 7) is 8.10. The minimum Gasteiger partial charge on any atom is -0.490 e. The highest BCUT2D eigenvalue weighted by Crippen LogP contribution is 2.16. The third-order valence-corrected chi connectivity index (χ3v) is 4.07. The van der Waals surface area contributed by atoms with Gasteiger partial charge in [0.25, 0.3) is 5.91 Å². The van der Waals surface area contributed by atoms with E-state index in [1.165, 1.54) is 0 Å². The van der Waals surface area contributed by atoms with Crippen LogP contribution in [0.1, 0.15) is 30.6 Å². The summed E-state index contributed by atoms with van der Waals surface area (Å²) in [5.74, 6) is 0.402. The second-order valence-corrected chi connectivity index (χ2v) is 6.39. The molecule has 2 aromatic carbocycles. The average molecular weight is 381 g/mol. The van der Waals surface area contributed by atoms with Crippen molar-refractivity contribution in [2.45, 2.75) is 26.3 Å². The third kappa shape index (κ3) is 6.79. The van der Waals surface area contributed by atoms with Gasteiger partial charge in [0, 0.05) is 23.0 Å². The molecule has 0 aromatic heterocycles. The van der Waals surface area contributed by atoms with Crippen LogP contribution >= 0.6 is 0 Å². The Kier molecular flexibility index (Phi) is 8.09. The van der Waals surface area contributed by atoms with E-state index < -0.39 is 0 Å². The predicted octanol–water partition coefficient (Wildman–Crippen LogP) is 3.83. The van der Waals surface area contributed by atoms with Crippen LogP contribution in [-0.2, 0) is 4.79 Å². The van der Waals surface area contributed by atoms with E-state index in [1.54, 1.807) is 48.5 Å². The lowest BCUT2D eigenvalue weighted by Gasteiger charge is -2.13. The molecule has 28 heavy (non-hydrogen) atoms. The van der Waals surface area contributed by atoms with Gasteiger partial charge in [0.05, 0.1) is 6.54 Å². The van der Waals surface area contributed by atoms with Crippen LogP contribution in [-0.4, -0.2) is 31.0 Å². The summed E-state index contributed by atoms with van der Waals surface area (Å²) in [5.41, 5.74) is 1.94. The number of nitrogens with one attached hydrogen (secondary N) is 3. The first kappa shape index (κ1) is 21.0. The number of amides is 2. The summed E-state index contributed by atoms with van der Waals surface area (Å²) >= 11 is 0. The van der Waals surface area contributed by atoms with Crippen molar-refractivity contribution < 1.29 is 14.3 Å².